The molecule has 80 valence electrons. The van der Waals surface area contributed by atoms with E-state index < -0.39 is 0 Å². The fraction of sp³-hybridized carbons (Fsp3) is 0.636. The summed E-state index contributed by atoms with van der Waals surface area (Å²) in [6.45, 7) is 6.55. The lowest BCUT2D eigenvalue weighted by Gasteiger charge is -2.09. The predicted molar refractivity (Wildman–Crippen MR) is 65.5 cm³/mol. The van der Waals surface area contributed by atoms with Gasteiger partial charge in [-0.3, -0.25) is 0 Å². The van der Waals surface area contributed by atoms with Gasteiger partial charge in [0.15, 0.2) is 0 Å². The fourth-order valence-corrected chi connectivity index (χ4v) is 2.14. The number of rotatable bonds is 5. The van der Waals surface area contributed by atoms with E-state index in [-0.39, 0.29) is 0 Å². The maximum Gasteiger partial charge on any atom is 0.0885 e. The van der Waals surface area contributed by atoms with Crippen LogP contribution in [0.2, 0.25) is 0 Å². The molecule has 1 rings (SSSR count). The normalized spacial score (nSPS) is 11.3. The molecule has 1 heterocycles. The second-order valence-electron chi connectivity index (χ2n) is 4.13. The molecule has 0 radical (unpaired) electrons. The van der Waals surface area contributed by atoms with E-state index in [4.69, 9.17) is 0 Å². The SMILES string of the molecule is CC(C)c1csc(NCCN(C)C)c1. The molecular weight excluding hydrogens is 192 g/mol. The second-order valence-corrected chi connectivity index (χ2v) is 5.04. The van der Waals surface area contributed by atoms with Gasteiger partial charge >= 0.3 is 0 Å². The lowest BCUT2D eigenvalue weighted by atomic mass is 10.1. The van der Waals surface area contributed by atoms with Crippen molar-refractivity contribution in [1.29, 1.82) is 0 Å². The summed E-state index contributed by atoms with van der Waals surface area (Å²) in [5, 5.41) is 6.95. The van der Waals surface area contributed by atoms with Gasteiger partial charge in [0.25, 0.3) is 0 Å². The van der Waals surface area contributed by atoms with Crippen LogP contribution in [0.1, 0.15) is 25.3 Å². The molecule has 0 saturated heterocycles. The Morgan fingerprint density at radius 3 is 2.64 bits per heavy atom. The molecule has 0 amide bonds. The Morgan fingerprint density at radius 2 is 2.14 bits per heavy atom. The second kappa shape index (κ2) is 5.37. The van der Waals surface area contributed by atoms with Crippen molar-refractivity contribution >= 4 is 16.3 Å². The molecule has 14 heavy (non-hydrogen) atoms. The van der Waals surface area contributed by atoms with Crippen LogP contribution in [-0.2, 0) is 0 Å². The van der Waals surface area contributed by atoms with Crippen LogP contribution in [0, 0.1) is 0 Å². The van der Waals surface area contributed by atoms with Crippen LogP contribution in [0.15, 0.2) is 11.4 Å². The third kappa shape index (κ3) is 3.68. The predicted octanol–water partition coefficient (Wildman–Crippen LogP) is 2.85. The Morgan fingerprint density at radius 1 is 1.43 bits per heavy atom. The Balaban J connectivity index is 2.36. The first-order valence-electron chi connectivity index (χ1n) is 5.06. The van der Waals surface area contributed by atoms with E-state index in [1.807, 2.05) is 0 Å². The quantitative estimate of drug-likeness (QED) is 0.807. The van der Waals surface area contributed by atoms with Crippen LogP contribution < -0.4 is 5.32 Å². The van der Waals surface area contributed by atoms with E-state index in [2.05, 4.69) is 49.6 Å². The van der Waals surface area contributed by atoms with Crippen molar-refractivity contribution < 1.29 is 0 Å². The number of likely N-dealkylation sites (N-methyl/N-ethyl adjacent to an activating group) is 1. The van der Waals surface area contributed by atoms with Crippen LogP contribution in [0.5, 0.6) is 0 Å². The summed E-state index contributed by atoms with van der Waals surface area (Å²) < 4.78 is 0. The highest BCUT2D eigenvalue weighted by atomic mass is 32.1. The minimum Gasteiger partial charge on any atom is -0.376 e. The topological polar surface area (TPSA) is 15.3 Å². The molecule has 0 aromatic carbocycles. The Kier molecular flexibility index (Phi) is 4.42. The molecule has 0 bridgehead atoms. The molecular formula is C11H20N2S. The number of nitrogens with zero attached hydrogens (tertiary/aromatic N) is 1. The van der Waals surface area contributed by atoms with Gasteiger partial charge in [-0.05, 0) is 37.0 Å². The molecule has 0 saturated carbocycles. The number of anilines is 1. The van der Waals surface area contributed by atoms with Gasteiger partial charge in [0.1, 0.15) is 0 Å². The number of hydrogen-bond donors (Lipinski definition) is 1. The van der Waals surface area contributed by atoms with Crippen LogP contribution in [0.4, 0.5) is 5.00 Å². The summed E-state index contributed by atoms with van der Waals surface area (Å²) in [5.74, 6) is 0.635. The number of thiophene rings is 1. The van der Waals surface area contributed by atoms with Gasteiger partial charge < -0.3 is 10.2 Å². The van der Waals surface area contributed by atoms with Crippen LogP contribution in [0.25, 0.3) is 0 Å². The molecule has 1 N–H and O–H groups in total. The van der Waals surface area contributed by atoms with Gasteiger partial charge in [0.2, 0.25) is 0 Å². The zero-order chi connectivity index (χ0) is 10.6. The summed E-state index contributed by atoms with van der Waals surface area (Å²) in [5.41, 5.74) is 1.43. The molecule has 0 fully saturated rings. The minimum atomic E-state index is 0.635. The maximum atomic E-state index is 3.43. The van der Waals surface area contributed by atoms with E-state index >= 15 is 0 Å². The Hall–Kier alpha value is -0.540. The van der Waals surface area contributed by atoms with E-state index in [1.165, 1.54) is 10.6 Å². The molecule has 0 aliphatic carbocycles. The van der Waals surface area contributed by atoms with Gasteiger partial charge in [-0.25, -0.2) is 0 Å². The van der Waals surface area contributed by atoms with E-state index in [0.717, 1.165) is 13.1 Å². The third-order valence-electron chi connectivity index (χ3n) is 2.14. The number of nitrogens with one attached hydrogen (secondary N) is 1. The molecule has 0 atom stereocenters. The molecule has 0 spiro atoms. The van der Waals surface area contributed by atoms with Crippen molar-refractivity contribution in [2.45, 2.75) is 19.8 Å². The highest BCUT2D eigenvalue weighted by Gasteiger charge is 2.02. The first kappa shape index (κ1) is 11.5. The van der Waals surface area contributed by atoms with E-state index in [0.29, 0.717) is 5.92 Å². The molecule has 0 aliphatic heterocycles. The maximum absolute atomic E-state index is 3.43. The lowest BCUT2D eigenvalue weighted by molar-refractivity contribution is 0.425. The Bertz CT molecular complexity index is 266. The van der Waals surface area contributed by atoms with Crippen molar-refractivity contribution in [3.8, 4) is 0 Å². The van der Waals surface area contributed by atoms with Crippen molar-refractivity contribution in [2.24, 2.45) is 0 Å². The van der Waals surface area contributed by atoms with Gasteiger partial charge in [-0.15, -0.1) is 11.3 Å². The molecule has 0 unspecified atom stereocenters. The largest absolute Gasteiger partial charge is 0.376 e. The summed E-state index contributed by atoms with van der Waals surface area (Å²) in [7, 11) is 4.19. The van der Waals surface area contributed by atoms with Crippen LogP contribution in [0.3, 0.4) is 0 Å². The number of hydrogen-bond acceptors (Lipinski definition) is 3. The molecule has 0 aliphatic rings. The zero-order valence-corrected chi connectivity index (χ0v) is 10.3. The van der Waals surface area contributed by atoms with Gasteiger partial charge in [0.05, 0.1) is 5.00 Å². The summed E-state index contributed by atoms with van der Waals surface area (Å²) in [6, 6.07) is 2.25. The molecule has 1 aromatic heterocycles. The third-order valence-corrected chi connectivity index (χ3v) is 3.05. The van der Waals surface area contributed by atoms with Crippen molar-refractivity contribution in [1.82, 2.24) is 4.90 Å². The molecule has 3 heteroatoms. The minimum absolute atomic E-state index is 0.635. The van der Waals surface area contributed by atoms with Gasteiger partial charge in [0, 0.05) is 13.1 Å². The monoisotopic (exact) mass is 212 g/mol. The van der Waals surface area contributed by atoms with Gasteiger partial charge in [-0.1, -0.05) is 13.8 Å². The average molecular weight is 212 g/mol. The van der Waals surface area contributed by atoms with E-state index in [1.54, 1.807) is 11.3 Å². The summed E-state index contributed by atoms with van der Waals surface area (Å²) in [6.07, 6.45) is 0. The van der Waals surface area contributed by atoms with Gasteiger partial charge in [-0.2, -0.15) is 0 Å². The van der Waals surface area contributed by atoms with Crippen molar-refractivity contribution in [3.05, 3.63) is 17.0 Å². The van der Waals surface area contributed by atoms with Crippen molar-refractivity contribution in [2.75, 3.05) is 32.5 Å². The lowest BCUT2D eigenvalue weighted by Crippen LogP contribution is -2.20. The first-order valence-corrected chi connectivity index (χ1v) is 5.94. The zero-order valence-electron chi connectivity index (χ0n) is 9.50. The molecule has 1 aromatic rings. The Labute approximate surface area is 90.9 Å². The molecule has 2 nitrogen and oxygen atoms in total. The highest BCUT2D eigenvalue weighted by Crippen LogP contribution is 2.25. The van der Waals surface area contributed by atoms with Crippen LogP contribution in [-0.4, -0.2) is 32.1 Å². The average Bonchev–Trinajstić information content (AvgIpc) is 2.52. The summed E-state index contributed by atoms with van der Waals surface area (Å²) in [4.78, 5) is 2.18. The first-order chi connectivity index (χ1) is 6.59. The van der Waals surface area contributed by atoms with Crippen molar-refractivity contribution in [3.63, 3.8) is 0 Å². The fourth-order valence-electron chi connectivity index (χ4n) is 1.15. The standard InChI is InChI=1S/C11H20N2S/c1-9(2)10-7-11(14-8-10)12-5-6-13(3)4/h7-9,12H,5-6H2,1-4H3. The van der Waals surface area contributed by atoms with E-state index in [9.17, 15) is 0 Å². The smallest absolute Gasteiger partial charge is 0.0885 e. The summed E-state index contributed by atoms with van der Waals surface area (Å²) >= 11 is 1.80. The highest BCUT2D eigenvalue weighted by molar-refractivity contribution is 7.14. The van der Waals surface area contributed by atoms with Crippen LogP contribution >= 0.6 is 11.3 Å².